The van der Waals surface area contributed by atoms with Crippen LogP contribution in [0.2, 0.25) is 0 Å². The van der Waals surface area contributed by atoms with E-state index >= 15 is 0 Å². The van der Waals surface area contributed by atoms with Crippen molar-refractivity contribution >= 4 is 6.09 Å². The average molecular weight is 291 g/mol. The Bertz CT molecular complexity index is 431. The molecule has 0 aliphatic rings. The van der Waals surface area contributed by atoms with E-state index in [2.05, 4.69) is 11.9 Å². The van der Waals surface area contributed by atoms with Gasteiger partial charge >= 0.3 is 6.09 Å². The van der Waals surface area contributed by atoms with Gasteiger partial charge in [-0.15, -0.1) is 6.58 Å². The van der Waals surface area contributed by atoms with Gasteiger partial charge in [-0.25, -0.2) is 4.79 Å². The standard InChI is InChI=1S/C17H25NO3/c1-4-8-16(19)15(11-13(2)3)18-17(20)21-12-14-9-6-5-7-10-14/h4-7,9-10,13,15-16,19H,1,8,11-12H2,2-3H3,(H,18,20)/t15-,16+/m0/s1. The summed E-state index contributed by atoms with van der Waals surface area (Å²) in [6.45, 7) is 7.93. The highest BCUT2D eigenvalue weighted by Crippen LogP contribution is 2.12. The van der Waals surface area contributed by atoms with E-state index in [1.54, 1.807) is 6.08 Å². The topological polar surface area (TPSA) is 58.6 Å². The molecule has 4 heteroatoms. The number of rotatable bonds is 8. The SMILES string of the molecule is C=CC[C@@H](O)[C@H](CC(C)C)NC(=O)OCc1ccccc1. The van der Waals surface area contributed by atoms with Crippen LogP contribution in [0, 0.1) is 5.92 Å². The minimum Gasteiger partial charge on any atom is -0.445 e. The summed E-state index contributed by atoms with van der Waals surface area (Å²) in [7, 11) is 0. The number of aliphatic hydroxyl groups excluding tert-OH is 1. The predicted molar refractivity (Wildman–Crippen MR) is 83.8 cm³/mol. The number of carbonyl (C=O) groups excluding carboxylic acids is 1. The number of hydrogen-bond acceptors (Lipinski definition) is 3. The van der Waals surface area contributed by atoms with Crippen LogP contribution in [-0.2, 0) is 11.3 Å². The van der Waals surface area contributed by atoms with E-state index in [9.17, 15) is 9.90 Å². The molecule has 0 aliphatic heterocycles. The van der Waals surface area contributed by atoms with Crippen molar-refractivity contribution in [3.63, 3.8) is 0 Å². The van der Waals surface area contributed by atoms with Gasteiger partial charge < -0.3 is 15.2 Å². The normalized spacial score (nSPS) is 13.5. The van der Waals surface area contributed by atoms with Gasteiger partial charge in [0.2, 0.25) is 0 Å². The fraction of sp³-hybridized carbons (Fsp3) is 0.471. The molecule has 0 spiro atoms. The first-order chi connectivity index (χ1) is 10.0. The van der Waals surface area contributed by atoms with Crippen molar-refractivity contribution < 1.29 is 14.6 Å². The molecule has 1 aromatic rings. The van der Waals surface area contributed by atoms with Gasteiger partial charge in [-0.2, -0.15) is 0 Å². The van der Waals surface area contributed by atoms with Crippen molar-refractivity contribution in [3.8, 4) is 0 Å². The van der Waals surface area contributed by atoms with Gasteiger partial charge in [-0.05, 0) is 24.3 Å². The second-order valence-electron chi connectivity index (χ2n) is 5.53. The zero-order chi connectivity index (χ0) is 15.7. The molecule has 0 saturated carbocycles. The molecule has 1 amide bonds. The molecule has 2 atom stereocenters. The third-order valence-corrected chi connectivity index (χ3v) is 3.11. The van der Waals surface area contributed by atoms with Gasteiger partial charge in [0, 0.05) is 0 Å². The Morgan fingerprint density at radius 1 is 1.38 bits per heavy atom. The van der Waals surface area contributed by atoms with E-state index in [1.807, 2.05) is 44.2 Å². The van der Waals surface area contributed by atoms with Crippen LogP contribution in [-0.4, -0.2) is 23.3 Å². The van der Waals surface area contributed by atoms with Gasteiger partial charge in [0.15, 0.2) is 0 Å². The van der Waals surface area contributed by atoms with Crippen molar-refractivity contribution in [1.82, 2.24) is 5.32 Å². The first-order valence-corrected chi connectivity index (χ1v) is 7.29. The summed E-state index contributed by atoms with van der Waals surface area (Å²) < 4.78 is 5.18. The molecule has 0 heterocycles. The fourth-order valence-electron chi connectivity index (χ4n) is 2.07. The number of benzene rings is 1. The summed E-state index contributed by atoms with van der Waals surface area (Å²) in [5, 5.41) is 12.8. The second kappa shape index (κ2) is 9.19. The van der Waals surface area contributed by atoms with E-state index in [0.717, 1.165) is 5.56 Å². The Balaban J connectivity index is 2.49. The highest BCUT2D eigenvalue weighted by molar-refractivity contribution is 5.67. The predicted octanol–water partition coefficient (Wildman–Crippen LogP) is 3.26. The maximum atomic E-state index is 11.8. The first kappa shape index (κ1) is 17.2. The molecule has 0 unspecified atom stereocenters. The van der Waals surface area contributed by atoms with E-state index in [1.165, 1.54) is 0 Å². The summed E-state index contributed by atoms with van der Waals surface area (Å²) in [6, 6.07) is 9.16. The van der Waals surface area contributed by atoms with Gasteiger partial charge in [0.05, 0.1) is 12.1 Å². The van der Waals surface area contributed by atoms with Crippen LogP contribution in [0.3, 0.4) is 0 Å². The van der Waals surface area contributed by atoms with Gasteiger partial charge in [0.25, 0.3) is 0 Å². The summed E-state index contributed by atoms with van der Waals surface area (Å²) in [5.74, 6) is 0.365. The highest BCUT2D eigenvalue weighted by atomic mass is 16.5. The number of nitrogens with one attached hydrogen (secondary N) is 1. The molecule has 4 nitrogen and oxygen atoms in total. The number of hydrogen-bond donors (Lipinski definition) is 2. The molecule has 0 saturated heterocycles. The Hall–Kier alpha value is -1.81. The molecule has 0 fully saturated rings. The van der Waals surface area contributed by atoms with Gasteiger partial charge in [-0.3, -0.25) is 0 Å². The molecule has 0 aliphatic carbocycles. The maximum absolute atomic E-state index is 11.8. The van der Waals surface area contributed by atoms with Crippen LogP contribution in [0.4, 0.5) is 4.79 Å². The van der Waals surface area contributed by atoms with E-state index in [0.29, 0.717) is 18.8 Å². The largest absolute Gasteiger partial charge is 0.445 e. The average Bonchev–Trinajstić information content (AvgIpc) is 2.45. The van der Waals surface area contributed by atoms with Crippen molar-refractivity contribution in [3.05, 3.63) is 48.6 Å². The number of aliphatic hydroxyl groups is 1. The van der Waals surface area contributed by atoms with Crippen LogP contribution in [0.15, 0.2) is 43.0 Å². The summed E-state index contributed by atoms with van der Waals surface area (Å²) in [6.07, 6.45) is 1.63. The quantitative estimate of drug-likeness (QED) is 0.723. The summed E-state index contributed by atoms with van der Waals surface area (Å²) in [4.78, 5) is 11.8. The molecule has 0 aromatic heterocycles. The van der Waals surface area contributed by atoms with Gasteiger partial charge in [0.1, 0.15) is 6.61 Å². The zero-order valence-electron chi connectivity index (χ0n) is 12.8. The van der Waals surface area contributed by atoms with Crippen LogP contribution in [0.5, 0.6) is 0 Å². The number of amides is 1. The Kier molecular flexibility index (Phi) is 7.54. The molecule has 0 bridgehead atoms. The van der Waals surface area contributed by atoms with Crippen LogP contribution in [0.1, 0.15) is 32.3 Å². The van der Waals surface area contributed by atoms with Gasteiger partial charge in [-0.1, -0.05) is 50.3 Å². The van der Waals surface area contributed by atoms with Crippen molar-refractivity contribution in [2.45, 2.75) is 45.4 Å². The van der Waals surface area contributed by atoms with E-state index in [4.69, 9.17) is 4.74 Å². The summed E-state index contributed by atoms with van der Waals surface area (Å²) >= 11 is 0. The molecule has 116 valence electrons. The third kappa shape index (κ3) is 6.95. The number of carbonyl (C=O) groups is 1. The van der Waals surface area contributed by atoms with Crippen molar-refractivity contribution in [2.24, 2.45) is 5.92 Å². The van der Waals surface area contributed by atoms with E-state index < -0.39 is 12.2 Å². The molecular formula is C17H25NO3. The number of ether oxygens (including phenoxy) is 1. The smallest absolute Gasteiger partial charge is 0.407 e. The highest BCUT2D eigenvalue weighted by Gasteiger charge is 2.22. The Labute approximate surface area is 126 Å². The van der Waals surface area contributed by atoms with Crippen LogP contribution >= 0.6 is 0 Å². The third-order valence-electron chi connectivity index (χ3n) is 3.11. The molecule has 21 heavy (non-hydrogen) atoms. The summed E-state index contributed by atoms with van der Waals surface area (Å²) in [5.41, 5.74) is 0.930. The zero-order valence-corrected chi connectivity index (χ0v) is 12.8. The van der Waals surface area contributed by atoms with Crippen molar-refractivity contribution in [2.75, 3.05) is 0 Å². The lowest BCUT2D eigenvalue weighted by atomic mass is 9.97. The van der Waals surface area contributed by atoms with E-state index in [-0.39, 0.29) is 12.6 Å². The van der Waals surface area contributed by atoms with Crippen molar-refractivity contribution in [1.29, 1.82) is 0 Å². The monoisotopic (exact) mass is 291 g/mol. The maximum Gasteiger partial charge on any atom is 0.407 e. The van der Waals surface area contributed by atoms with Crippen LogP contribution < -0.4 is 5.32 Å². The molecule has 0 radical (unpaired) electrons. The molecule has 1 aromatic carbocycles. The minimum absolute atomic E-state index is 0.221. The Morgan fingerprint density at radius 2 is 2.05 bits per heavy atom. The van der Waals surface area contributed by atoms with Crippen LogP contribution in [0.25, 0.3) is 0 Å². The molecular weight excluding hydrogens is 266 g/mol. The minimum atomic E-state index is -0.644. The molecule has 1 rings (SSSR count). The lowest BCUT2D eigenvalue weighted by Crippen LogP contribution is -2.44. The Morgan fingerprint density at radius 3 is 2.62 bits per heavy atom. The first-order valence-electron chi connectivity index (χ1n) is 7.29. The molecule has 2 N–H and O–H groups in total. The second-order valence-corrected chi connectivity index (χ2v) is 5.53. The lowest BCUT2D eigenvalue weighted by Gasteiger charge is -2.24. The number of alkyl carbamates (subject to hydrolysis) is 1. The fourth-order valence-corrected chi connectivity index (χ4v) is 2.07. The lowest BCUT2D eigenvalue weighted by molar-refractivity contribution is 0.0958.